The maximum atomic E-state index is 9.07. The lowest BCUT2D eigenvalue weighted by Crippen LogP contribution is -2.10. The van der Waals surface area contributed by atoms with Crippen molar-refractivity contribution < 1.29 is 0 Å². The lowest BCUT2D eigenvalue weighted by Gasteiger charge is -2.19. The van der Waals surface area contributed by atoms with Crippen LogP contribution in [0.1, 0.15) is 43.5 Å². The fourth-order valence-electron chi connectivity index (χ4n) is 3.59. The Hall–Kier alpha value is -2.94. The highest BCUT2D eigenvalue weighted by atomic mass is 15.3. The molecule has 4 rings (SSSR count). The van der Waals surface area contributed by atoms with Gasteiger partial charge >= 0.3 is 0 Å². The number of nitrogen functional groups attached to an aromatic ring is 1. The molecular weight excluding hydrogens is 312 g/mol. The molecule has 2 N–H and O–H groups in total. The number of fused-ring (bicyclic) bond motifs is 1. The van der Waals surface area contributed by atoms with Crippen molar-refractivity contribution in [1.82, 2.24) is 19.6 Å². The number of hydrogen-bond acceptors (Lipinski definition) is 5. The van der Waals surface area contributed by atoms with Gasteiger partial charge in [-0.15, -0.1) is 5.10 Å². The molecule has 1 aliphatic carbocycles. The molecule has 2 aromatic heterocycles. The highest BCUT2D eigenvalue weighted by Gasteiger charge is 2.17. The quantitative estimate of drug-likeness (QED) is 0.793. The number of anilines is 1. The van der Waals surface area contributed by atoms with Crippen LogP contribution < -0.4 is 5.73 Å². The SMILES string of the molecule is N#Cc1cccc(-c2cc3nc(CC4CCCCC4)nn3c(N)n2)c1. The van der Waals surface area contributed by atoms with E-state index in [0.29, 0.717) is 28.8 Å². The van der Waals surface area contributed by atoms with Crippen LogP contribution in [0.4, 0.5) is 5.95 Å². The molecule has 0 bridgehead atoms. The molecule has 0 saturated heterocycles. The van der Waals surface area contributed by atoms with E-state index in [4.69, 9.17) is 11.0 Å². The number of benzene rings is 1. The number of rotatable bonds is 3. The third-order valence-corrected chi connectivity index (χ3v) is 4.88. The molecule has 0 aliphatic heterocycles. The van der Waals surface area contributed by atoms with Crippen LogP contribution in [0, 0.1) is 17.2 Å². The van der Waals surface area contributed by atoms with Crippen LogP contribution in [-0.4, -0.2) is 19.6 Å². The van der Waals surface area contributed by atoms with E-state index in [2.05, 4.69) is 21.1 Å². The molecule has 25 heavy (non-hydrogen) atoms. The summed E-state index contributed by atoms with van der Waals surface area (Å²) >= 11 is 0. The Morgan fingerprint density at radius 2 is 2.00 bits per heavy atom. The summed E-state index contributed by atoms with van der Waals surface area (Å²) in [6.45, 7) is 0. The topological polar surface area (TPSA) is 92.9 Å². The third kappa shape index (κ3) is 3.18. The van der Waals surface area contributed by atoms with E-state index >= 15 is 0 Å². The fourth-order valence-corrected chi connectivity index (χ4v) is 3.59. The van der Waals surface area contributed by atoms with Gasteiger partial charge in [-0.25, -0.2) is 9.97 Å². The standard InChI is InChI=1S/C19H20N6/c20-12-14-7-4-8-15(9-14)16-11-18-23-17(24-25(18)19(21)22-16)10-13-5-2-1-3-6-13/h4,7-9,11,13H,1-3,5-6,10H2,(H2,21,22). The van der Waals surface area contributed by atoms with Gasteiger partial charge in [0, 0.05) is 18.1 Å². The van der Waals surface area contributed by atoms with Crippen molar-refractivity contribution in [2.75, 3.05) is 5.73 Å². The van der Waals surface area contributed by atoms with Crippen molar-refractivity contribution in [1.29, 1.82) is 5.26 Å². The van der Waals surface area contributed by atoms with Crippen molar-refractivity contribution in [3.8, 4) is 17.3 Å². The summed E-state index contributed by atoms with van der Waals surface area (Å²) in [5, 5.41) is 13.6. The molecule has 126 valence electrons. The molecule has 1 saturated carbocycles. The van der Waals surface area contributed by atoms with Crippen molar-refractivity contribution in [2.45, 2.75) is 38.5 Å². The molecular formula is C19H20N6. The maximum Gasteiger partial charge on any atom is 0.223 e. The molecule has 0 spiro atoms. The van der Waals surface area contributed by atoms with Gasteiger partial charge in [0.1, 0.15) is 0 Å². The molecule has 1 aliphatic rings. The van der Waals surface area contributed by atoms with E-state index in [-0.39, 0.29) is 0 Å². The van der Waals surface area contributed by atoms with Crippen molar-refractivity contribution in [3.63, 3.8) is 0 Å². The smallest absolute Gasteiger partial charge is 0.223 e. The summed E-state index contributed by atoms with van der Waals surface area (Å²) in [5.41, 5.74) is 8.95. The maximum absolute atomic E-state index is 9.07. The fraction of sp³-hybridized carbons (Fsp3) is 0.368. The van der Waals surface area contributed by atoms with E-state index < -0.39 is 0 Å². The first-order valence-electron chi connectivity index (χ1n) is 8.75. The van der Waals surface area contributed by atoms with Gasteiger partial charge in [-0.2, -0.15) is 9.78 Å². The Morgan fingerprint density at radius 3 is 2.80 bits per heavy atom. The lowest BCUT2D eigenvalue weighted by molar-refractivity contribution is 0.351. The Morgan fingerprint density at radius 1 is 1.16 bits per heavy atom. The summed E-state index contributed by atoms with van der Waals surface area (Å²) in [5.74, 6) is 1.83. The van der Waals surface area contributed by atoms with Gasteiger partial charge in [-0.05, 0) is 18.1 Å². The van der Waals surface area contributed by atoms with Gasteiger partial charge < -0.3 is 5.73 Å². The molecule has 0 atom stereocenters. The Balaban J connectivity index is 1.68. The zero-order valence-corrected chi connectivity index (χ0v) is 14.0. The van der Waals surface area contributed by atoms with Gasteiger partial charge in [-0.1, -0.05) is 44.2 Å². The average Bonchev–Trinajstić information content (AvgIpc) is 3.05. The molecule has 0 unspecified atom stereocenters. The van der Waals surface area contributed by atoms with Gasteiger partial charge in [-0.3, -0.25) is 0 Å². The number of nitriles is 1. The molecule has 0 radical (unpaired) electrons. The van der Waals surface area contributed by atoms with Crippen LogP contribution in [0.3, 0.4) is 0 Å². The molecule has 0 amide bonds. The summed E-state index contributed by atoms with van der Waals surface area (Å²) in [4.78, 5) is 9.10. The number of aromatic nitrogens is 4. The van der Waals surface area contributed by atoms with Crippen molar-refractivity contribution >= 4 is 11.6 Å². The second-order valence-electron chi connectivity index (χ2n) is 6.70. The minimum Gasteiger partial charge on any atom is -0.368 e. The molecule has 3 aromatic rings. The predicted molar refractivity (Wildman–Crippen MR) is 95.6 cm³/mol. The third-order valence-electron chi connectivity index (χ3n) is 4.88. The highest BCUT2D eigenvalue weighted by Crippen LogP contribution is 2.27. The first-order chi connectivity index (χ1) is 12.2. The van der Waals surface area contributed by atoms with Crippen molar-refractivity contribution in [3.05, 3.63) is 41.7 Å². The van der Waals surface area contributed by atoms with Gasteiger partial charge in [0.15, 0.2) is 11.5 Å². The highest BCUT2D eigenvalue weighted by molar-refractivity contribution is 5.66. The zero-order chi connectivity index (χ0) is 17.2. The predicted octanol–water partition coefficient (Wildman–Crippen LogP) is 3.37. The summed E-state index contributed by atoms with van der Waals surface area (Å²) in [6, 6.07) is 11.4. The van der Waals surface area contributed by atoms with Crippen LogP contribution in [0.2, 0.25) is 0 Å². The van der Waals surface area contributed by atoms with E-state index in [1.165, 1.54) is 32.1 Å². The van der Waals surface area contributed by atoms with Gasteiger partial charge in [0.2, 0.25) is 5.95 Å². The van der Waals surface area contributed by atoms with E-state index in [0.717, 1.165) is 17.8 Å². The van der Waals surface area contributed by atoms with Gasteiger partial charge in [0.25, 0.3) is 0 Å². The van der Waals surface area contributed by atoms with Crippen LogP contribution in [0.5, 0.6) is 0 Å². The first-order valence-corrected chi connectivity index (χ1v) is 8.75. The van der Waals surface area contributed by atoms with Crippen LogP contribution in [0.15, 0.2) is 30.3 Å². The lowest BCUT2D eigenvalue weighted by atomic mass is 9.87. The second kappa shape index (κ2) is 6.52. The summed E-state index contributed by atoms with van der Waals surface area (Å²) in [6.07, 6.45) is 7.38. The minimum atomic E-state index is 0.317. The van der Waals surface area contributed by atoms with Crippen molar-refractivity contribution in [2.24, 2.45) is 5.92 Å². The van der Waals surface area contributed by atoms with E-state index in [1.807, 2.05) is 18.2 Å². The largest absolute Gasteiger partial charge is 0.368 e. The van der Waals surface area contributed by atoms with Crippen LogP contribution in [0.25, 0.3) is 16.9 Å². The monoisotopic (exact) mass is 332 g/mol. The molecule has 2 heterocycles. The average molecular weight is 332 g/mol. The second-order valence-corrected chi connectivity index (χ2v) is 6.70. The number of nitrogens with zero attached hydrogens (tertiary/aromatic N) is 5. The Bertz CT molecular complexity index is 946. The Kier molecular flexibility index (Phi) is 4.06. The van der Waals surface area contributed by atoms with Crippen LogP contribution in [-0.2, 0) is 6.42 Å². The first kappa shape index (κ1) is 15.6. The summed E-state index contributed by atoms with van der Waals surface area (Å²) < 4.78 is 1.61. The molecule has 6 heteroatoms. The summed E-state index contributed by atoms with van der Waals surface area (Å²) in [7, 11) is 0. The molecule has 1 fully saturated rings. The van der Waals surface area contributed by atoms with E-state index in [9.17, 15) is 0 Å². The number of hydrogen-bond donors (Lipinski definition) is 1. The van der Waals surface area contributed by atoms with Crippen LogP contribution >= 0.6 is 0 Å². The number of nitrogens with two attached hydrogens (primary N) is 1. The zero-order valence-electron chi connectivity index (χ0n) is 14.0. The minimum absolute atomic E-state index is 0.317. The normalized spacial score (nSPS) is 15.3. The van der Waals surface area contributed by atoms with Gasteiger partial charge in [0.05, 0.1) is 17.3 Å². The van der Waals surface area contributed by atoms with E-state index in [1.54, 1.807) is 16.6 Å². The Labute approximate surface area is 146 Å². The molecule has 1 aromatic carbocycles. The molecule has 6 nitrogen and oxygen atoms in total.